The van der Waals surface area contributed by atoms with E-state index in [1.54, 1.807) is 6.26 Å². The van der Waals surface area contributed by atoms with Gasteiger partial charge < -0.3 is 24.7 Å². The molecule has 1 saturated carbocycles. The van der Waals surface area contributed by atoms with Gasteiger partial charge in [0.1, 0.15) is 12.4 Å². The van der Waals surface area contributed by atoms with Gasteiger partial charge in [0, 0.05) is 12.1 Å². The molecule has 0 bridgehead atoms. The molecule has 1 aromatic rings. The van der Waals surface area contributed by atoms with E-state index in [2.05, 4.69) is 12.2 Å². The monoisotopic (exact) mass is 297 g/mol. The van der Waals surface area contributed by atoms with Gasteiger partial charge in [-0.25, -0.2) is 0 Å². The normalized spacial score (nSPS) is 27.7. The first-order valence-electron chi connectivity index (χ1n) is 7.78. The van der Waals surface area contributed by atoms with Crippen LogP contribution in [0.1, 0.15) is 38.4 Å². The Kier molecular flexibility index (Phi) is 6.23. The van der Waals surface area contributed by atoms with Crippen molar-refractivity contribution in [3.05, 3.63) is 24.2 Å². The van der Waals surface area contributed by atoms with Gasteiger partial charge in [-0.15, -0.1) is 0 Å². The highest BCUT2D eigenvalue weighted by molar-refractivity contribution is 4.96. The van der Waals surface area contributed by atoms with Crippen molar-refractivity contribution in [3.63, 3.8) is 0 Å². The van der Waals surface area contributed by atoms with Crippen LogP contribution < -0.4 is 5.32 Å². The van der Waals surface area contributed by atoms with Gasteiger partial charge in [-0.3, -0.25) is 0 Å². The Balaban J connectivity index is 1.68. The van der Waals surface area contributed by atoms with Crippen LogP contribution in [-0.2, 0) is 11.3 Å². The lowest BCUT2D eigenvalue weighted by Gasteiger charge is -2.40. The molecule has 120 valence electrons. The van der Waals surface area contributed by atoms with Gasteiger partial charge in [0.05, 0.1) is 25.6 Å². The van der Waals surface area contributed by atoms with Gasteiger partial charge in [-0.05, 0) is 30.9 Å². The third-order valence-electron chi connectivity index (χ3n) is 4.24. The molecule has 0 radical (unpaired) electrons. The first-order chi connectivity index (χ1) is 10.1. The van der Waals surface area contributed by atoms with Gasteiger partial charge in [-0.1, -0.05) is 19.8 Å². The van der Waals surface area contributed by atoms with Crippen LogP contribution in [0.2, 0.25) is 0 Å². The molecule has 0 amide bonds. The lowest BCUT2D eigenvalue weighted by atomic mass is 9.77. The van der Waals surface area contributed by atoms with E-state index < -0.39 is 6.10 Å². The topological polar surface area (TPSA) is 74.9 Å². The Bertz CT molecular complexity index is 395. The highest BCUT2D eigenvalue weighted by atomic mass is 16.5. The standard InChI is InChI=1S/C16H27NO4/c1-13-4-2-6-16(8-13,12-18)17-9-14(19)10-20-11-15-5-3-7-21-15/h3,5,7,13-14,17-19H,2,4,6,8-12H2,1H3. The predicted octanol–water partition coefficient (Wildman–Crippen LogP) is 1.69. The van der Waals surface area contributed by atoms with Gasteiger partial charge in [-0.2, -0.15) is 0 Å². The summed E-state index contributed by atoms with van der Waals surface area (Å²) in [5.74, 6) is 1.37. The van der Waals surface area contributed by atoms with E-state index >= 15 is 0 Å². The van der Waals surface area contributed by atoms with Crippen molar-refractivity contribution >= 4 is 0 Å². The number of aliphatic hydroxyl groups is 2. The zero-order valence-corrected chi connectivity index (χ0v) is 12.8. The Hall–Kier alpha value is -0.880. The number of furan rings is 1. The highest BCUT2D eigenvalue weighted by Crippen LogP contribution is 2.31. The quantitative estimate of drug-likeness (QED) is 0.681. The molecule has 2 rings (SSSR count). The van der Waals surface area contributed by atoms with E-state index in [-0.39, 0.29) is 18.8 Å². The summed E-state index contributed by atoms with van der Waals surface area (Å²) in [5, 5.41) is 23.0. The van der Waals surface area contributed by atoms with Crippen LogP contribution in [-0.4, -0.2) is 41.6 Å². The number of β-amino-alcohol motifs (C(OH)–C–C–N with tert-alkyl or cyclic N) is 1. The summed E-state index contributed by atoms with van der Waals surface area (Å²) in [7, 11) is 0. The van der Waals surface area contributed by atoms with Crippen LogP contribution >= 0.6 is 0 Å². The Morgan fingerprint density at radius 2 is 2.43 bits per heavy atom. The third-order valence-corrected chi connectivity index (χ3v) is 4.24. The number of nitrogens with one attached hydrogen (secondary N) is 1. The zero-order valence-electron chi connectivity index (χ0n) is 12.8. The summed E-state index contributed by atoms with van der Waals surface area (Å²) >= 11 is 0. The number of ether oxygens (including phenoxy) is 1. The molecule has 1 heterocycles. The third kappa shape index (κ3) is 5.11. The molecular weight excluding hydrogens is 270 g/mol. The lowest BCUT2D eigenvalue weighted by Crippen LogP contribution is -2.53. The van der Waals surface area contributed by atoms with Crippen LogP contribution in [0.5, 0.6) is 0 Å². The first-order valence-corrected chi connectivity index (χ1v) is 7.78. The van der Waals surface area contributed by atoms with E-state index in [1.807, 2.05) is 12.1 Å². The molecular formula is C16H27NO4. The minimum atomic E-state index is -0.583. The average molecular weight is 297 g/mol. The molecule has 0 aromatic carbocycles. The van der Waals surface area contributed by atoms with E-state index in [9.17, 15) is 10.2 Å². The molecule has 21 heavy (non-hydrogen) atoms. The van der Waals surface area contributed by atoms with E-state index in [0.29, 0.717) is 19.1 Å². The number of aliphatic hydroxyl groups excluding tert-OH is 2. The van der Waals surface area contributed by atoms with Gasteiger partial charge in [0.2, 0.25) is 0 Å². The SMILES string of the molecule is CC1CCCC(CO)(NCC(O)COCc2ccco2)C1. The van der Waals surface area contributed by atoms with Crippen LogP contribution in [0.3, 0.4) is 0 Å². The van der Waals surface area contributed by atoms with Gasteiger partial charge in [0.25, 0.3) is 0 Å². The van der Waals surface area contributed by atoms with Gasteiger partial charge in [0.15, 0.2) is 0 Å². The van der Waals surface area contributed by atoms with Crippen LogP contribution in [0.25, 0.3) is 0 Å². The van der Waals surface area contributed by atoms with E-state index in [1.165, 1.54) is 6.42 Å². The fraction of sp³-hybridized carbons (Fsp3) is 0.750. The van der Waals surface area contributed by atoms with Crippen molar-refractivity contribution in [1.29, 1.82) is 0 Å². The molecule has 1 aliphatic rings. The summed E-state index contributed by atoms with van der Waals surface area (Å²) in [5.41, 5.74) is -0.236. The minimum Gasteiger partial charge on any atom is -0.467 e. The summed E-state index contributed by atoms with van der Waals surface area (Å²) in [6.07, 6.45) is 5.29. The summed E-state index contributed by atoms with van der Waals surface area (Å²) in [6, 6.07) is 3.65. The number of hydrogen-bond acceptors (Lipinski definition) is 5. The van der Waals surface area contributed by atoms with Crippen LogP contribution in [0, 0.1) is 5.92 Å². The van der Waals surface area contributed by atoms with Crippen LogP contribution in [0.4, 0.5) is 0 Å². The Morgan fingerprint density at radius 1 is 1.57 bits per heavy atom. The molecule has 3 unspecified atom stereocenters. The molecule has 3 atom stereocenters. The molecule has 1 fully saturated rings. The summed E-state index contributed by atoms with van der Waals surface area (Å²) < 4.78 is 10.6. The molecule has 1 aromatic heterocycles. The summed E-state index contributed by atoms with van der Waals surface area (Å²) in [6.45, 7) is 3.40. The van der Waals surface area contributed by atoms with Crippen molar-refractivity contribution in [1.82, 2.24) is 5.32 Å². The second kappa shape index (κ2) is 7.94. The van der Waals surface area contributed by atoms with Crippen molar-refractivity contribution < 1.29 is 19.4 Å². The number of hydrogen-bond donors (Lipinski definition) is 3. The van der Waals surface area contributed by atoms with Crippen molar-refractivity contribution in [2.24, 2.45) is 5.92 Å². The smallest absolute Gasteiger partial charge is 0.129 e. The largest absolute Gasteiger partial charge is 0.467 e. The van der Waals surface area contributed by atoms with Gasteiger partial charge >= 0.3 is 0 Å². The molecule has 3 N–H and O–H groups in total. The Morgan fingerprint density at radius 3 is 3.10 bits per heavy atom. The second-order valence-corrected chi connectivity index (χ2v) is 6.27. The number of rotatable bonds is 8. The Labute approximate surface area is 126 Å². The second-order valence-electron chi connectivity index (χ2n) is 6.27. The zero-order chi connectivity index (χ0) is 15.1. The van der Waals surface area contributed by atoms with Crippen molar-refractivity contribution in [2.45, 2.75) is 50.9 Å². The summed E-state index contributed by atoms with van der Waals surface area (Å²) in [4.78, 5) is 0. The maximum absolute atomic E-state index is 9.98. The fourth-order valence-electron chi connectivity index (χ4n) is 3.10. The average Bonchev–Trinajstić information content (AvgIpc) is 2.98. The molecule has 0 spiro atoms. The highest BCUT2D eigenvalue weighted by Gasteiger charge is 2.34. The molecule has 0 saturated heterocycles. The molecule has 0 aliphatic heterocycles. The van der Waals surface area contributed by atoms with Crippen LogP contribution in [0.15, 0.2) is 22.8 Å². The minimum absolute atomic E-state index is 0.122. The van der Waals surface area contributed by atoms with Crippen molar-refractivity contribution in [2.75, 3.05) is 19.8 Å². The van der Waals surface area contributed by atoms with E-state index in [4.69, 9.17) is 9.15 Å². The molecule has 1 aliphatic carbocycles. The van der Waals surface area contributed by atoms with Crippen molar-refractivity contribution in [3.8, 4) is 0 Å². The predicted molar refractivity (Wildman–Crippen MR) is 79.8 cm³/mol. The first kappa shape index (κ1) is 16.5. The molecule has 5 nitrogen and oxygen atoms in total. The lowest BCUT2D eigenvalue weighted by molar-refractivity contribution is 0.0116. The maximum Gasteiger partial charge on any atom is 0.129 e. The maximum atomic E-state index is 9.98. The van der Waals surface area contributed by atoms with E-state index in [0.717, 1.165) is 25.0 Å². The fourth-order valence-corrected chi connectivity index (χ4v) is 3.10. The molecule has 5 heteroatoms.